The number of allylic oxidation sites excluding steroid dienone is 2. The predicted molar refractivity (Wildman–Crippen MR) is 149 cm³/mol. The highest BCUT2D eigenvalue weighted by Crippen LogP contribution is 2.28. The Balaban J connectivity index is 1.53. The third kappa shape index (κ3) is 4.07. The summed E-state index contributed by atoms with van der Waals surface area (Å²) in [6.07, 6.45) is 6.06. The lowest BCUT2D eigenvalue weighted by Crippen LogP contribution is -2.44. The summed E-state index contributed by atoms with van der Waals surface area (Å²) in [4.78, 5) is 26.1. The fraction of sp³-hybridized carbons (Fsp3) is 0.310. The number of rotatable bonds is 5. The summed E-state index contributed by atoms with van der Waals surface area (Å²) in [6, 6.07) is 16.4. The molecular formula is C29H31N7O. The minimum absolute atomic E-state index is 0.104. The number of nitrogens with zero attached hydrogens (tertiary/aromatic N) is 6. The van der Waals surface area contributed by atoms with Crippen LogP contribution in [0.4, 0.5) is 5.95 Å². The van der Waals surface area contributed by atoms with Crippen molar-refractivity contribution >= 4 is 38.7 Å². The van der Waals surface area contributed by atoms with E-state index in [0.717, 1.165) is 64.9 Å². The van der Waals surface area contributed by atoms with Gasteiger partial charge in [-0.15, -0.1) is 0 Å². The number of para-hydroxylation sites is 1. The molecule has 1 atom stereocenters. The zero-order valence-corrected chi connectivity index (χ0v) is 21.3. The Bertz CT molecular complexity index is 1720. The first-order chi connectivity index (χ1) is 18.0. The number of fused-ring (bicyclic) bond motifs is 4. The molecule has 8 heteroatoms. The van der Waals surface area contributed by atoms with Crippen molar-refractivity contribution in [1.82, 2.24) is 24.3 Å². The van der Waals surface area contributed by atoms with Gasteiger partial charge in [0.15, 0.2) is 0 Å². The van der Waals surface area contributed by atoms with Crippen LogP contribution in [0.25, 0.3) is 32.7 Å². The highest BCUT2D eigenvalue weighted by atomic mass is 16.1. The van der Waals surface area contributed by atoms with Crippen molar-refractivity contribution in [2.45, 2.75) is 45.8 Å². The number of hydrogen-bond donors (Lipinski definition) is 1. The van der Waals surface area contributed by atoms with E-state index in [-0.39, 0.29) is 18.1 Å². The van der Waals surface area contributed by atoms with E-state index < -0.39 is 0 Å². The van der Waals surface area contributed by atoms with E-state index >= 15 is 0 Å². The number of anilines is 1. The molecule has 1 aliphatic heterocycles. The lowest BCUT2D eigenvalue weighted by molar-refractivity contribution is 0.495. The zero-order valence-electron chi connectivity index (χ0n) is 21.3. The number of pyridine rings is 1. The van der Waals surface area contributed by atoms with Crippen LogP contribution in [-0.2, 0) is 13.1 Å². The second kappa shape index (κ2) is 9.44. The third-order valence-corrected chi connectivity index (χ3v) is 7.25. The van der Waals surface area contributed by atoms with Crippen LogP contribution in [0.3, 0.4) is 0 Å². The molecule has 188 valence electrons. The molecule has 1 aliphatic rings. The fourth-order valence-electron chi connectivity index (χ4n) is 5.47. The minimum Gasteiger partial charge on any atom is -0.341 e. The van der Waals surface area contributed by atoms with Crippen molar-refractivity contribution in [3.63, 3.8) is 0 Å². The zero-order chi connectivity index (χ0) is 25.5. The molecule has 1 fully saturated rings. The molecular weight excluding hydrogens is 462 g/mol. The van der Waals surface area contributed by atoms with Gasteiger partial charge in [-0.3, -0.25) is 9.78 Å². The fourth-order valence-corrected chi connectivity index (χ4v) is 5.47. The number of imidazole rings is 1. The maximum absolute atomic E-state index is 14.0. The molecule has 0 aliphatic carbocycles. The summed E-state index contributed by atoms with van der Waals surface area (Å²) in [5.41, 5.74) is 9.80. The van der Waals surface area contributed by atoms with Crippen molar-refractivity contribution in [1.29, 1.82) is 0 Å². The Morgan fingerprint density at radius 1 is 1.05 bits per heavy atom. The smallest absolute Gasteiger partial charge is 0.293 e. The molecule has 4 heterocycles. The minimum atomic E-state index is -0.163. The molecule has 3 aromatic heterocycles. The van der Waals surface area contributed by atoms with E-state index in [2.05, 4.69) is 23.1 Å². The monoisotopic (exact) mass is 493 g/mol. The highest BCUT2D eigenvalue weighted by Gasteiger charge is 2.25. The summed E-state index contributed by atoms with van der Waals surface area (Å²) in [5, 5.41) is 7.95. The van der Waals surface area contributed by atoms with Gasteiger partial charge in [0, 0.05) is 36.4 Å². The lowest BCUT2D eigenvalue weighted by Gasteiger charge is -2.31. The van der Waals surface area contributed by atoms with Crippen LogP contribution in [-0.4, -0.2) is 43.4 Å². The van der Waals surface area contributed by atoms with E-state index in [9.17, 15) is 4.79 Å². The number of hydrogen-bond acceptors (Lipinski definition) is 6. The molecule has 2 N–H and O–H groups in total. The van der Waals surface area contributed by atoms with Gasteiger partial charge in [0.05, 0.1) is 23.4 Å². The number of benzene rings is 2. The number of aryl methyl sites for hydroxylation is 1. The molecule has 0 amide bonds. The predicted octanol–water partition coefficient (Wildman–Crippen LogP) is 4.15. The second-order valence-corrected chi connectivity index (χ2v) is 9.81. The molecule has 2 aromatic carbocycles. The topological polar surface area (TPSA) is 94.9 Å². The number of aromatic nitrogens is 5. The van der Waals surface area contributed by atoms with Crippen LogP contribution in [0.5, 0.6) is 0 Å². The van der Waals surface area contributed by atoms with Gasteiger partial charge < -0.3 is 15.2 Å². The van der Waals surface area contributed by atoms with Crippen molar-refractivity contribution in [3.05, 3.63) is 82.4 Å². The normalized spacial score (nSPS) is 16.5. The molecule has 0 radical (unpaired) electrons. The first-order valence-corrected chi connectivity index (χ1v) is 12.9. The van der Waals surface area contributed by atoms with Crippen LogP contribution in [0.15, 0.2) is 65.5 Å². The maximum Gasteiger partial charge on any atom is 0.293 e. The van der Waals surface area contributed by atoms with Gasteiger partial charge in [0.25, 0.3) is 5.56 Å². The van der Waals surface area contributed by atoms with E-state index in [4.69, 9.17) is 20.8 Å². The van der Waals surface area contributed by atoms with Crippen LogP contribution in [0.1, 0.15) is 31.2 Å². The van der Waals surface area contributed by atoms with E-state index in [1.807, 2.05) is 60.9 Å². The SMILES string of the molecule is C/C=C/Cn1c(N2CCCC(N)C2)nc2c(C)nn(Cc3nc4ccccc4c4ccccc34)c(=O)c21. The Morgan fingerprint density at radius 2 is 1.81 bits per heavy atom. The average Bonchev–Trinajstić information content (AvgIpc) is 3.31. The molecule has 8 nitrogen and oxygen atoms in total. The van der Waals surface area contributed by atoms with Crippen molar-refractivity contribution < 1.29 is 0 Å². The van der Waals surface area contributed by atoms with Gasteiger partial charge in [-0.05, 0) is 38.1 Å². The van der Waals surface area contributed by atoms with Gasteiger partial charge in [-0.25, -0.2) is 9.67 Å². The molecule has 1 unspecified atom stereocenters. The summed E-state index contributed by atoms with van der Waals surface area (Å²) in [7, 11) is 0. The molecule has 0 spiro atoms. The largest absolute Gasteiger partial charge is 0.341 e. The summed E-state index contributed by atoms with van der Waals surface area (Å²) < 4.78 is 3.56. The van der Waals surface area contributed by atoms with Crippen molar-refractivity contribution in [3.8, 4) is 0 Å². The first kappa shape index (κ1) is 23.4. The molecule has 0 saturated carbocycles. The van der Waals surface area contributed by atoms with Gasteiger partial charge in [-0.1, -0.05) is 54.6 Å². The standard InChI is InChI=1S/C29H31N7O/c1-3-4-16-35-27-26(32-29(35)34-15-9-10-20(30)17-34)19(2)33-36(28(27)37)18-25-23-13-6-5-11-21(23)22-12-7-8-14-24(22)31-25/h3-8,11-14,20H,9-10,15-18,30H2,1-2H3/b4-3+. The second-order valence-electron chi connectivity index (χ2n) is 9.81. The lowest BCUT2D eigenvalue weighted by atomic mass is 10.0. The van der Waals surface area contributed by atoms with E-state index in [1.165, 1.54) is 0 Å². The molecule has 0 bridgehead atoms. The van der Waals surface area contributed by atoms with Gasteiger partial charge in [0.2, 0.25) is 5.95 Å². The quantitative estimate of drug-likeness (QED) is 0.292. The molecule has 6 rings (SSSR count). The van der Waals surface area contributed by atoms with Gasteiger partial charge in [0.1, 0.15) is 11.0 Å². The van der Waals surface area contributed by atoms with Crippen molar-refractivity contribution in [2.75, 3.05) is 18.0 Å². The molecule has 37 heavy (non-hydrogen) atoms. The average molecular weight is 494 g/mol. The Morgan fingerprint density at radius 3 is 2.59 bits per heavy atom. The van der Waals surface area contributed by atoms with Crippen LogP contribution < -0.4 is 16.2 Å². The van der Waals surface area contributed by atoms with E-state index in [0.29, 0.717) is 17.6 Å². The summed E-state index contributed by atoms with van der Waals surface area (Å²) in [6.45, 7) is 6.34. The van der Waals surface area contributed by atoms with Crippen molar-refractivity contribution in [2.24, 2.45) is 5.73 Å². The first-order valence-electron chi connectivity index (χ1n) is 12.9. The molecule has 5 aromatic rings. The van der Waals surface area contributed by atoms with Crippen LogP contribution >= 0.6 is 0 Å². The van der Waals surface area contributed by atoms with E-state index in [1.54, 1.807) is 4.68 Å². The highest BCUT2D eigenvalue weighted by molar-refractivity contribution is 6.06. The Kier molecular flexibility index (Phi) is 5.96. The Labute approximate surface area is 215 Å². The Hall–Kier alpha value is -4.04. The maximum atomic E-state index is 14.0. The van der Waals surface area contributed by atoms with Crippen LogP contribution in [0.2, 0.25) is 0 Å². The summed E-state index contributed by atoms with van der Waals surface area (Å²) >= 11 is 0. The van der Waals surface area contributed by atoms with Gasteiger partial charge >= 0.3 is 0 Å². The number of nitrogens with two attached hydrogens (primary N) is 1. The van der Waals surface area contributed by atoms with Gasteiger partial charge in [-0.2, -0.15) is 5.10 Å². The van der Waals surface area contributed by atoms with Crippen LogP contribution in [0, 0.1) is 6.92 Å². The molecule has 1 saturated heterocycles. The summed E-state index contributed by atoms with van der Waals surface area (Å²) in [5.74, 6) is 0.789. The third-order valence-electron chi connectivity index (χ3n) is 7.25. The number of piperidine rings is 1.